The largest absolute Gasteiger partial charge is 0.460 e. The predicted molar refractivity (Wildman–Crippen MR) is 142 cm³/mol. The van der Waals surface area contributed by atoms with Gasteiger partial charge in [0.25, 0.3) is 0 Å². The summed E-state index contributed by atoms with van der Waals surface area (Å²) in [5.74, 6) is -0.410. The Morgan fingerprint density at radius 1 is 0.474 bits per heavy atom. The van der Waals surface area contributed by atoms with E-state index in [-0.39, 0.29) is 6.61 Å². The highest BCUT2D eigenvalue weighted by Gasteiger charge is 2.02. The summed E-state index contributed by atoms with van der Waals surface area (Å²) in [6.07, 6.45) is 0. The summed E-state index contributed by atoms with van der Waals surface area (Å²) in [4.78, 5) is 13.2. The van der Waals surface area contributed by atoms with Crippen LogP contribution in [0.1, 0.15) is 6.92 Å². The minimum atomic E-state index is -0.410. The quantitative estimate of drug-likeness (QED) is 0.0688. The second-order valence-electron chi connectivity index (χ2n) is 8.23. The van der Waals surface area contributed by atoms with Crippen molar-refractivity contribution in [1.82, 2.24) is 4.90 Å². The third kappa shape index (κ3) is 31.0. The third-order valence-electron chi connectivity index (χ3n) is 4.47. The molecule has 0 fully saturated rings. The standard InChI is InChI=1S/C26H51NO11/c1-25(2)26(28)38-24-23-37-22-21-36-20-19-35-18-17-34-16-15-33-14-13-32-12-11-31-10-9-30-8-7-29-6-5-27(3)4/h1,5-24H2,2-4H3. The molecule has 0 heterocycles. The number of hydrogen-bond acceptors (Lipinski definition) is 12. The van der Waals surface area contributed by atoms with Crippen molar-refractivity contribution in [3.63, 3.8) is 0 Å². The molecule has 0 atom stereocenters. The molecule has 0 N–H and O–H groups in total. The molecule has 0 unspecified atom stereocenters. The van der Waals surface area contributed by atoms with Crippen LogP contribution >= 0.6 is 0 Å². The van der Waals surface area contributed by atoms with Crippen LogP contribution in [0, 0.1) is 0 Å². The molecule has 0 rings (SSSR count). The average molecular weight is 554 g/mol. The minimum absolute atomic E-state index is 0.204. The second kappa shape index (κ2) is 30.4. The molecular formula is C26H51NO11. The zero-order chi connectivity index (χ0) is 27.9. The summed E-state index contributed by atoms with van der Waals surface area (Å²) in [7, 11) is 4.03. The van der Waals surface area contributed by atoms with Crippen LogP contribution in [0.3, 0.4) is 0 Å². The maximum Gasteiger partial charge on any atom is 0.333 e. The third-order valence-corrected chi connectivity index (χ3v) is 4.47. The molecule has 0 aromatic rings. The van der Waals surface area contributed by atoms with Crippen LogP contribution in [0.25, 0.3) is 0 Å². The summed E-state index contributed by atoms with van der Waals surface area (Å²) in [5.41, 5.74) is 0.373. The highest BCUT2D eigenvalue weighted by Crippen LogP contribution is 1.92. The number of hydrogen-bond donors (Lipinski definition) is 0. The zero-order valence-electron chi connectivity index (χ0n) is 23.8. The van der Waals surface area contributed by atoms with Gasteiger partial charge in [-0.05, 0) is 21.0 Å². The molecule has 0 aromatic carbocycles. The molecule has 0 saturated carbocycles. The predicted octanol–water partition coefficient (Wildman–Crippen LogP) is 0.817. The monoisotopic (exact) mass is 553 g/mol. The van der Waals surface area contributed by atoms with Crippen molar-refractivity contribution in [2.75, 3.05) is 146 Å². The highest BCUT2D eigenvalue weighted by atomic mass is 16.6. The number of esters is 1. The van der Waals surface area contributed by atoms with E-state index in [4.69, 9.17) is 47.4 Å². The molecule has 0 aliphatic rings. The lowest BCUT2D eigenvalue weighted by atomic mass is 10.4. The van der Waals surface area contributed by atoms with Crippen LogP contribution in [0.15, 0.2) is 12.2 Å². The first-order chi connectivity index (χ1) is 18.5. The Balaban J connectivity index is 3.07. The van der Waals surface area contributed by atoms with Gasteiger partial charge in [0.05, 0.1) is 119 Å². The Hall–Kier alpha value is -1.19. The van der Waals surface area contributed by atoms with Gasteiger partial charge in [0.1, 0.15) is 6.61 Å². The van der Waals surface area contributed by atoms with Crippen LogP contribution in [-0.4, -0.2) is 157 Å². The summed E-state index contributed by atoms with van der Waals surface area (Å²) in [5, 5.41) is 0. The summed E-state index contributed by atoms with van der Waals surface area (Å²) in [6.45, 7) is 15.4. The van der Waals surface area contributed by atoms with Crippen molar-refractivity contribution in [1.29, 1.82) is 0 Å². The van der Waals surface area contributed by atoms with E-state index in [1.165, 1.54) is 0 Å². The normalized spacial score (nSPS) is 11.4. The van der Waals surface area contributed by atoms with E-state index in [2.05, 4.69) is 11.5 Å². The molecule has 12 heteroatoms. The van der Waals surface area contributed by atoms with Crippen LogP contribution in [-0.2, 0) is 52.2 Å². The number of ether oxygens (including phenoxy) is 10. The lowest BCUT2D eigenvalue weighted by molar-refractivity contribution is -0.140. The van der Waals surface area contributed by atoms with Gasteiger partial charge in [0.2, 0.25) is 0 Å². The van der Waals surface area contributed by atoms with Gasteiger partial charge >= 0.3 is 5.97 Å². The topological polar surface area (TPSA) is 113 Å². The van der Waals surface area contributed by atoms with Crippen LogP contribution in [0.4, 0.5) is 0 Å². The first-order valence-corrected chi connectivity index (χ1v) is 13.2. The molecule has 0 spiro atoms. The molecular weight excluding hydrogens is 502 g/mol. The molecule has 12 nitrogen and oxygen atoms in total. The summed E-state index contributed by atoms with van der Waals surface area (Å²) in [6, 6.07) is 0. The van der Waals surface area contributed by atoms with Crippen LogP contribution in [0.2, 0.25) is 0 Å². The first kappa shape index (κ1) is 36.8. The lowest BCUT2D eigenvalue weighted by Gasteiger charge is -2.10. The lowest BCUT2D eigenvalue weighted by Crippen LogP contribution is -2.19. The highest BCUT2D eigenvalue weighted by molar-refractivity contribution is 5.86. The molecule has 0 radical (unpaired) electrons. The van der Waals surface area contributed by atoms with Gasteiger partial charge in [-0.3, -0.25) is 0 Å². The van der Waals surface area contributed by atoms with Crippen molar-refractivity contribution in [3.05, 3.63) is 12.2 Å². The zero-order valence-corrected chi connectivity index (χ0v) is 23.8. The molecule has 38 heavy (non-hydrogen) atoms. The maximum atomic E-state index is 11.2. The van der Waals surface area contributed by atoms with Gasteiger partial charge in [-0.2, -0.15) is 0 Å². The Kier molecular flexibility index (Phi) is 29.4. The van der Waals surface area contributed by atoms with Gasteiger partial charge in [-0.15, -0.1) is 0 Å². The summed E-state index contributed by atoms with van der Waals surface area (Å²) < 4.78 is 53.7. The molecule has 0 saturated heterocycles. The fourth-order valence-corrected chi connectivity index (χ4v) is 2.42. The van der Waals surface area contributed by atoms with Gasteiger partial charge in [-0.25, -0.2) is 4.79 Å². The second-order valence-corrected chi connectivity index (χ2v) is 8.23. The maximum absolute atomic E-state index is 11.2. The van der Waals surface area contributed by atoms with Crippen LogP contribution < -0.4 is 0 Å². The molecule has 0 amide bonds. The van der Waals surface area contributed by atoms with Crippen molar-refractivity contribution >= 4 is 5.97 Å². The summed E-state index contributed by atoms with van der Waals surface area (Å²) >= 11 is 0. The van der Waals surface area contributed by atoms with Crippen LogP contribution in [0.5, 0.6) is 0 Å². The van der Waals surface area contributed by atoms with E-state index in [9.17, 15) is 4.79 Å². The molecule has 226 valence electrons. The minimum Gasteiger partial charge on any atom is -0.460 e. The fourth-order valence-electron chi connectivity index (χ4n) is 2.42. The van der Waals surface area contributed by atoms with E-state index in [0.29, 0.717) is 124 Å². The van der Waals surface area contributed by atoms with Gasteiger partial charge in [0.15, 0.2) is 0 Å². The number of nitrogens with zero attached hydrogens (tertiary/aromatic N) is 1. The molecule has 0 aliphatic heterocycles. The van der Waals surface area contributed by atoms with Crippen molar-refractivity contribution in [2.24, 2.45) is 0 Å². The molecule has 0 aliphatic carbocycles. The smallest absolute Gasteiger partial charge is 0.333 e. The van der Waals surface area contributed by atoms with E-state index < -0.39 is 5.97 Å². The van der Waals surface area contributed by atoms with E-state index in [0.717, 1.165) is 6.54 Å². The number of likely N-dealkylation sites (N-methyl/N-ethyl adjacent to an activating group) is 1. The Bertz CT molecular complexity index is 523. The van der Waals surface area contributed by atoms with Gasteiger partial charge in [0, 0.05) is 12.1 Å². The van der Waals surface area contributed by atoms with Crippen molar-refractivity contribution in [2.45, 2.75) is 6.92 Å². The number of rotatable bonds is 31. The van der Waals surface area contributed by atoms with E-state index in [1.54, 1.807) is 6.92 Å². The Morgan fingerprint density at radius 2 is 0.711 bits per heavy atom. The first-order valence-electron chi connectivity index (χ1n) is 13.2. The molecule has 0 aromatic heterocycles. The van der Waals surface area contributed by atoms with Gasteiger partial charge < -0.3 is 52.3 Å². The Labute approximate surface area is 228 Å². The SMILES string of the molecule is C=C(C)C(=O)OCCOCCOCCOCCOCCOCCOCCOCCOCCOCCN(C)C. The number of carbonyl (C=O) groups is 1. The van der Waals surface area contributed by atoms with Crippen molar-refractivity contribution in [3.8, 4) is 0 Å². The fraction of sp³-hybridized carbons (Fsp3) is 0.885. The van der Waals surface area contributed by atoms with E-state index >= 15 is 0 Å². The van der Waals surface area contributed by atoms with Gasteiger partial charge in [-0.1, -0.05) is 6.58 Å². The Morgan fingerprint density at radius 3 is 0.947 bits per heavy atom. The number of carbonyl (C=O) groups excluding carboxylic acids is 1. The average Bonchev–Trinajstić information content (AvgIpc) is 2.89. The van der Waals surface area contributed by atoms with Crippen molar-refractivity contribution < 1.29 is 52.2 Å². The van der Waals surface area contributed by atoms with E-state index in [1.807, 2.05) is 14.1 Å². The molecule has 0 bridgehead atoms.